The van der Waals surface area contributed by atoms with Crippen molar-refractivity contribution in [1.29, 1.82) is 0 Å². The first-order valence-electron chi connectivity index (χ1n) is 6.37. The molecule has 2 aromatic heterocycles. The van der Waals surface area contributed by atoms with Crippen LogP contribution in [0, 0.1) is 5.92 Å². The Kier molecular flexibility index (Phi) is 3.28. The molecule has 0 fully saturated rings. The third-order valence-corrected chi connectivity index (χ3v) is 3.45. The minimum Gasteiger partial charge on any atom is -0.481 e. The fourth-order valence-electron chi connectivity index (χ4n) is 2.36. The highest BCUT2D eigenvalue weighted by Gasteiger charge is 2.33. The lowest BCUT2D eigenvalue weighted by Gasteiger charge is -2.21. The molecule has 1 N–H and O–H groups in total. The van der Waals surface area contributed by atoms with Crippen LogP contribution in [0.1, 0.15) is 24.7 Å². The van der Waals surface area contributed by atoms with Gasteiger partial charge in [0.1, 0.15) is 0 Å². The zero-order chi connectivity index (χ0) is 13.9. The third-order valence-electron chi connectivity index (χ3n) is 3.45. The lowest BCUT2D eigenvalue weighted by atomic mass is 9.83. The number of carboxylic acid groups (broad SMARTS) is 1. The predicted octanol–water partition coefficient (Wildman–Crippen LogP) is 2.27. The summed E-state index contributed by atoms with van der Waals surface area (Å²) in [7, 11) is 0. The molecule has 0 radical (unpaired) electrons. The van der Waals surface area contributed by atoms with Gasteiger partial charge in [-0.2, -0.15) is 4.98 Å². The van der Waals surface area contributed by atoms with E-state index in [-0.39, 0.29) is 5.92 Å². The molecule has 1 aliphatic carbocycles. The average molecular weight is 271 g/mol. The maximum Gasteiger partial charge on any atom is 0.307 e. The van der Waals surface area contributed by atoms with Crippen molar-refractivity contribution in [2.45, 2.75) is 18.8 Å². The van der Waals surface area contributed by atoms with Crippen molar-refractivity contribution in [2.24, 2.45) is 5.92 Å². The summed E-state index contributed by atoms with van der Waals surface area (Å²) in [5.74, 6) is -0.760. The number of aliphatic carboxylic acids is 1. The van der Waals surface area contributed by atoms with Crippen LogP contribution in [-0.2, 0) is 4.79 Å². The van der Waals surface area contributed by atoms with Gasteiger partial charge in [-0.25, -0.2) is 0 Å². The number of carboxylic acids is 1. The summed E-state index contributed by atoms with van der Waals surface area (Å²) in [4.78, 5) is 19.5. The Morgan fingerprint density at radius 1 is 1.25 bits per heavy atom. The fraction of sp³-hybridized carbons (Fsp3) is 0.286. The third kappa shape index (κ3) is 2.32. The van der Waals surface area contributed by atoms with Crippen LogP contribution in [0.4, 0.5) is 0 Å². The van der Waals surface area contributed by atoms with Crippen molar-refractivity contribution in [2.75, 3.05) is 0 Å². The number of pyridine rings is 1. The summed E-state index contributed by atoms with van der Waals surface area (Å²) in [5.41, 5.74) is 0.799. The fourth-order valence-corrected chi connectivity index (χ4v) is 2.36. The van der Waals surface area contributed by atoms with Gasteiger partial charge in [-0.05, 0) is 25.0 Å². The second-order valence-electron chi connectivity index (χ2n) is 4.69. The van der Waals surface area contributed by atoms with E-state index in [9.17, 15) is 9.90 Å². The van der Waals surface area contributed by atoms with E-state index < -0.39 is 11.9 Å². The van der Waals surface area contributed by atoms with Crippen LogP contribution in [0.5, 0.6) is 0 Å². The number of rotatable bonds is 3. The predicted molar refractivity (Wildman–Crippen MR) is 69.8 cm³/mol. The van der Waals surface area contributed by atoms with Gasteiger partial charge in [-0.1, -0.05) is 17.3 Å². The van der Waals surface area contributed by atoms with E-state index in [1.807, 2.05) is 12.2 Å². The van der Waals surface area contributed by atoms with E-state index in [1.165, 1.54) is 0 Å². The summed E-state index contributed by atoms with van der Waals surface area (Å²) in [6, 6.07) is 3.56. The van der Waals surface area contributed by atoms with Gasteiger partial charge in [0.25, 0.3) is 0 Å². The quantitative estimate of drug-likeness (QED) is 0.861. The number of allylic oxidation sites excluding steroid dienone is 2. The number of aromatic nitrogens is 3. The molecule has 102 valence electrons. The molecule has 2 aromatic rings. The highest BCUT2D eigenvalue weighted by Crippen LogP contribution is 2.34. The molecule has 6 heteroatoms. The molecular formula is C14H13N3O3. The van der Waals surface area contributed by atoms with Gasteiger partial charge in [0, 0.05) is 18.0 Å². The van der Waals surface area contributed by atoms with Crippen LogP contribution < -0.4 is 0 Å². The van der Waals surface area contributed by atoms with Crippen LogP contribution in [0.3, 0.4) is 0 Å². The molecule has 0 spiro atoms. The van der Waals surface area contributed by atoms with Crippen molar-refractivity contribution in [3.63, 3.8) is 0 Å². The second kappa shape index (κ2) is 5.24. The smallest absolute Gasteiger partial charge is 0.307 e. The van der Waals surface area contributed by atoms with Gasteiger partial charge in [-0.15, -0.1) is 0 Å². The minimum atomic E-state index is -0.831. The Morgan fingerprint density at radius 3 is 2.75 bits per heavy atom. The van der Waals surface area contributed by atoms with Gasteiger partial charge in [0.2, 0.25) is 11.7 Å². The van der Waals surface area contributed by atoms with E-state index in [4.69, 9.17) is 4.52 Å². The molecule has 0 aromatic carbocycles. The number of hydrogen-bond donors (Lipinski definition) is 1. The van der Waals surface area contributed by atoms with E-state index >= 15 is 0 Å². The Labute approximate surface area is 115 Å². The molecule has 0 aliphatic heterocycles. The lowest BCUT2D eigenvalue weighted by molar-refractivity contribution is -0.142. The van der Waals surface area contributed by atoms with Gasteiger partial charge in [0.05, 0.1) is 11.8 Å². The maximum atomic E-state index is 11.3. The van der Waals surface area contributed by atoms with Crippen LogP contribution in [0.25, 0.3) is 11.4 Å². The zero-order valence-electron chi connectivity index (χ0n) is 10.6. The lowest BCUT2D eigenvalue weighted by Crippen LogP contribution is -2.23. The van der Waals surface area contributed by atoms with Crippen LogP contribution >= 0.6 is 0 Å². The first kappa shape index (κ1) is 12.5. The van der Waals surface area contributed by atoms with Gasteiger partial charge >= 0.3 is 5.97 Å². The van der Waals surface area contributed by atoms with Gasteiger partial charge < -0.3 is 9.63 Å². The van der Waals surface area contributed by atoms with E-state index in [1.54, 1.807) is 24.5 Å². The molecule has 2 unspecified atom stereocenters. The van der Waals surface area contributed by atoms with E-state index in [0.29, 0.717) is 24.6 Å². The molecule has 1 aliphatic rings. The average Bonchev–Trinajstić information content (AvgIpc) is 2.98. The molecule has 0 bridgehead atoms. The molecule has 0 saturated heterocycles. The summed E-state index contributed by atoms with van der Waals surface area (Å²) in [6.07, 6.45) is 8.24. The van der Waals surface area contributed by atoms with Crippen LogP contribution in [0.2, 0.25) is 0 Å². The Hall–Kier alpha value is -2.50. The highest BCUT2D eigenvalue weighted by molar-refractivity contribution is 5.71. The summed E-state index contributed by atoms with van der Waals surface area (Å²) in [5, 5.41) is 13.2. The molecule has 3 rings (SSSR count). The Morgan fingerprint density at radius 2 is 2.00 bits per heavy atom. The molecular weight excluding hydrogens is 258 g/mol. The van der Waals surface area contributed by atoms with E-state index in [0.717, 1.165) is 5.56 Å². The standard InChI is InChI=1S/C14H13N3O3/c18-14(19)11-4-2-1-3-10(11)13-16-12(17-20-13)9-5-7-15-8-6-9/h1-2,5-8,10-11H,3-4H2,(H,18,19). The Bertz CT molecular complexity index is 636. The minimum absolute atomic E-state index is 0.263. The number of nitrogens with zero attached hydrogens (tertiary/aromatic N) is 3. The van der Waals surface area contributed by atoms with Crippen molar-refractivity contribution >= 4 is 5.97 Å². The maximum absolute atomic E-state index is 11.3. The molecule has 6 nitrogen and oxygen atoms in total. The zero-order valence-corrected chi connectivity index (χ0v) is 10.6. The summed E-state index contributed by atoms with van der Waals surface area (Å²) < 4.78 is 5.26. The molecule has 20 heavy (non-hydrogen) atoms. The van der Waals surface area contributed by atoms with Gasteiger partial charge in [-0.3, -0.25) is 9.78 Å². The SMILES string of the molecule is O=C(O)C1CC=CCC1c1nc(-c2ccncc2)no1. The van der Waals surface area contributed by atoms with Crippen molar-refractivity contribution in [3.05, 3.63) is 42.6 Å². The van der Waals surface area contributed by atoms with Gasteiger partial charge in [0.15, 0.2) is 0 Å². The van der Waals surface area contributed by atoms with Crippen molar-refractivity contribution < 1.29 is 14.4 Å². The van der Waals surface area contributed by atoms with E-state index in [2.05, 4.69) is 15.1 Å². The second-order valence-corrected chi connectivity index (χ2v) is 4.69. The number of carbonyl (C=O) groups is 1. The number of hydrogen-bond acceptors (Lipinski definition) is 5. The first-order valence-corrected chi connectivity index (χ1v) is 6.37. The first-order chi connectivity index (χ1) is 9.75. The topological polar surface area (TPSA) is 89.1 Å². The monoisotopic (exact) mass is 271 g/mol. The largest absolute Gasteiger partial charge is 0.481 e. The summed E-state index contributed by atoms with van der Waals surface area (Å²) >= 11 is 0. The van der Waals surface area contributed by atoms with Crippen LogP contribution in [0.15, 0.2) is 41.2 Å². The normalized spacial score (nSPS) is 21.8. The molecule has 2 atom stereocenters. The summed E-state index contributed by atoms with van der Waals surface area (Å²) in [6.45, 7) is 0. The Balaban J connectivity index is 1.90. The molecule has 2 heterocycles. The van der Waals surface area contributed by atoms with Crippen molar-refractivity contribution in [3.8, 4) is 11.4 Å². The molecule has 0 amide bonds. The van der Waals surface area contributed by atoms with Crippen molar-refractivity contribution in [1.82, 2.24) is 15.1 Å². The molecule has 0 saturated carbocycles. The highest BCUT2D eigenvalue weighted by atomic mass is 16.5. The van der Waals surface area contributed by atoms with Crippen LogP contribution in [-0.4, -0.2) is 26.2 Å².